The minimum Gasteiger partial charge on any atom is -0.310 e. The molecule has 3 rings (SSSR count). The van der Waals surface area contributed by atoms with Crippen LogP contribution < -0.4 is 9.80 Å². The molecule has 2 unspecified atom stereocenters. The Hall–Kier alpha value is -1.96. The van der Waals surface area contributed by atoms with Gasteiger partial charge in [0.25, 0.3) is 0 Å². The summed E-state index contributed by atoms with van der Waals surface area (Å²) in [6.45, 7) is 3.86. The second kappa shape index (κ2) is 7.11. The highest BCUT2D eigenvalue weighted by atomic mass is 32.2. The molecule has 130 valence electrons. The standard InChI is InChI=1S/C18H19N3O2S2/c1-12-13(2)18(21(3,17(12)23)16-8-6-10-24-16)25-11-15(22)20-14-7-4-5-9-19-14/h4-10,18H,11H2,1-3H3/p+1. The molecular weight excluding hydrogens is 354 g/mol. The molecule has 7 heteroatoms. The second-order valence-corrected chi connectivity index (χ2v) is 8.06. The van der Waals surface area contributed by atoms with Crippen molar-refractivity contribution in [3.63, 3.8) is 0 Å². The largest absolute Gasteiger partial charge is 0.348 e. The average molecular weight is 375 g/mol. The number of hydrogen-bond donors (Lipinski definition) is 1. The second-order valence-electron chi connectivity index (χ2n) is 6.07. The van der Waals surface area contributed by atoms with E-state index < -0.39 is 0 Å². The van der Waals surface area contributed by atoms with Crippen LogP contribution in [0.4, 0.5) is 10.8 Å². The monoisotopic (exact) mass is 374 g/mol. The molecule has 0 spiro atoms. The Kier molecular flexibility index (Phi) is 5.08. The Bertz CT molecular complexity index is 818. The molecule has 1 aliphatic rings. The molecule has 3 heterocycles. The molecule has 0 fully saturated rings. The molecule has 25 heavy (non-hydrogen) atoms. The molecule has 0 aromatic carbocycles. The van der Waals surface area contributed by atoms with Gasteiger partial charge in [-0.2, -0.15) is 0 Å². The first-order valence-corrected chi connectivity index (χ1v) is 9.82. The van der Waals surface area contributed by atoms with Crippen molar-refractivity contribution in [2.45, 2.75) is 19.2 Å². The summed E-state index contributed by atoms with van der Waals surface area (Å²) in [7, 11) is 1.93. The molecule has 2 aromatic heterocycles. The van der Waals surface area contributed by atoms with Gasteiger partial charge in [-0.05, 0) is 37.4 Å². The van der Waals surface area contributed by atoms with Crippen LogP contribution in [0.5, 0.6) is 0 Å². The van der Waals surface area contributed by atoms with Crippen LogP contribution in [0, 0.1) is 0 Å². The number of thiophene rings is 1. The number of amides is 2. The van der Waals surface area contributed by atoms with E-state index in [2.05, 4.69) is 10.3 Å². The maximum atomic E-state index is 12.9. The Morgan fingerprint density at radius 1 is 1.32 bits per heavy atom. The summed E-state index contributed by atoms with van der Waals surface area (Å²) in [5.41, 5.74) is 1.83. The number of aromatic nitrogens is 1. The number of pyridine rings is 1. The van der Waals surface area contributed by atoms with Crippen molar-refractivity contribution in [1.29, 1.82) is 0 Å². The third kappa shape index (κ3) is 3.27. The molecule has 0 radical (unpaired) electrons. The summed E-state index contributed by atoms with van der Waals surface area (Å²) < 4.78 is 0.191. The van der Waals surface area contributed by atoms with Gasteiger partial charge in [-0.3, -0.25) is 4.79 Å². The normalized spacial score (nSPS) is 23.2. The van der Waals surface area contributed by atoms with Gasteiger partial charge in [0.15, 0.2) is 10.4 Å². The lowest BCUT2D eigenvalue weighted by Gasteiger charge is -2.32. The van der Waals surface area contributed by atoms with Crippen molar-refractivity contribution in [2.24, 2.45) is 0 Å². The third-order valence-electron chi connectivity index (χ3n) is 4.44. The summed E-state index contributed by atoms with van der Waals surface area (Å²) in [6.07, 6.45) is 1.64. The molecule has 0 saturated carbocycles. The van der Waals surface area contributed by atoms with Crippen LogP contribution in [-0.2, 0) is 9.59 Å². The molecule has 1 N–H and O–H groups in total. The summed E-state index contributed by atoms with van der Waals surface area (Å²) >= 11 is 3.06. The van der Waals surface area contributed by atoms with Crippen LogP contribution in [0.1, 0.15) is 13.8 Å². The van der Waals surface area contributed by atoms with E-state index in [0.717, 1.165) is 16.1 Å². The number of anilines is 1. The average Bonchev–Trinajstić information content (AvgIpc) is 3.20. The number of nitrogens with zero attached hydrogens (tertiary/aromatic N) is 2. The molecule has 2 atom stereocenters. The Morgan fingerprint density at radius 3 is 2.76 bits per heavy atom. The van der Waals surface area contributed by atoms with E-state index in [9.17, 15) is 9.59 Å². The highest BCUT2D eigenvalue weighted by Crippen LogP contribution is 2.44. The molecular formula is C18H20N3O2S2+. The van der Waals surface area contributed by atoms with E-state index in [4.69, 9.17) is 0 Å². The Balaban J connectivity index is 1.75. The van der Waals surface area contributed by atoms with Gasteiger partial charge in [-0.1, -0.05) is 29.2 Å². The highest BCUT2D eigenvalue weighted by molar-refractivity contribution is 8.00. The van der Waals surface area contributed by atoms with E-state index >= 15 is 0 Å². The van der Waals surface area contributed by atoms with Crippen molar-refractivity contribution in [3.05, 3.63) is 53.1 Å². The van der Waals surface area contributed by atoms with E-state index in [0.29, 0.717) is 5.82 Å². The topological polar surface area (TPSA) is 59.1 Å². The number of thioether (sulfide) groups is 1. The fourth-order valence-corrected chi connectivity index (χ4v) is 5.23. The smallest absolute Gasteiger partial charge is 0.310 e. The predicted molar refractivity (Wildman–Crippen MR) is 105 cm³/mol. The van der Waals surface area contributed by atoms with Gasteiger partial charge in [-0.15, -0.1) is 0 Å². The first-order valence-electron chi connectivity index (χ1n) is 7.89. The fourth-order valence-electron chi connectivity index (χ4n) is 2.99. The maximum absolute atomic E-state index is 12.9. The quantitative estimate of drug-likeness (QED) is 0.812. The van der Waals surface area contributed by atoms with Crippen molar-refractivity contribution < 1.29 is 9.59 Å². The lowest BCUT2D eigenvalue weighted by atomic mass is 10.2. The van der Waals surface area contributed by atoms with Crippen molar-refractivity contribution in [3.8, 4) is 0 Å². The van der Waals surface area contributed by atoms with Gasteiger partial charge in [0.1, 0.15) is 5.82 Å². The minimum absolute atomic E-state index is 0.0966. The third-order valence-corrected chi connectivity index (χ3v) is 7.01. The predicted octanol–water partition coefficient (Wildman–Crippen LogP) is 3.65. The van der Waals surface area contributed by atoms with Crippen LogP contribution in [0.25, 0.3) is 0 Å². The molecule has 2 aromatic rings. The number of likely N-dealkylation sites (N-methyl/N-ethyl adjacent to an activating group) is 1. The zero-order valence-corrected chi connectivity index (χ0v) is 16.0. The molecule has 0 aliphatic carbocycles. The number of quaternary nitrogens is 1. The lowest BCUT2D eigenvalue weighted by molar-refractivity contribution is -0.124. The van der Waals surface area contributed by atoms with Gasteiger partial charge in [0, 0.05) is 17.8 Å². The number of carbonyl (C=O) groups excluding carboxylic acids is 2. The van der Waals surface area contributed by atoms with Gasteiger partial charge < -0.3 is 5.32 Å². The van der Waals surface area contributed by atoms with Crippen LogP contribution in [0.3, 0.4) is 0 Å². The number of nitrogens with one attached hydrogen (secondary N) is 1. The zero-order valence-electron chi connectivity index (χ0n) is 14.4. The van der Waals surface area contributed by atoms with Gasteiger partial charge in [0.2, 0.25) is 5.91 Å². The number of carbonyl (C=O) groups is 2. The Morgan fingerprint density at radius 2 is 2.12 bits per heavy atom. The summed E-state index contributed by atoms with van der Waals surface area (Å²) in [4.78, 5) is 29.2. The van der Waals surface area contributed by atoms with Gasteiger partial charge in [0.05, 0.1) is 18.4 Å². The van der Waals surface area contributed by atoms with E-state index in [1.165, 1.54) is 11.8 Å². The molecule has 1 aliphatic heterocycles. The lowest BCUT2D eigenvalue weighted by Crippen LogP contribution is -2.52. The van der Waals surface area contributed by atoms with Crippen molar-refractivity contribution in [2.75, 3.05) is 18.1 Å². The van der Waals surface area contributed by atoms with Crippen LogP contribution in [0.15, 0.2) is 53.1 Å². The minimum atomic E-state index is -0.119. The van der Waals surface area contributed by atoms with Crippen LogP contribution in [-0.4, -0.2) is 35.0 Å². The van der Waals surface area contributed by atoms with E-state index in [-0.39, 0.29) is 27.4 Å². The summed E-state index contributed by atoms with van der Waals surface area (Å²) in [5.74, 6) is 0.779. The summed E-state index contributed by atoms with van der Waals surface area (Å²) in [6, 6.07) is 9.32. The molecule has 5 nitrogen and oxygen atoms in total. The number of hydrogen-bond acceptors (Lipinski definition) is 5. The zero-order chi connectivity index (χ0) is 18.0. The van der Waals surface area contributed by atoms with E-state index in [1.807, 2.05) is 44.5 Å². The molecule has 2 amide bonds. The highest BCUT2D eigenvalue weighted by Gasteiger charge is 2.51. The van der Waals surface area contributed by atoms with Gasteiger partial charge >= 0.3 is 5.91 Å². The first-order chi connectivity index (χ1) is 11.9. The summed E-state index contributed by atoms with van der Waals surface area (Å²) in [5, 5.41) is 5.66. The van der Waals surface area contributed by atoms with Crippen LogP contribution in [0.2, 0.25) is 0 Å². The SMILES string of the molecule is CC1=C(C)C(SCC(=O)Nc2ccccn2)[N+](C)(c2cccs2)C1=O. The maximum Gasteiger partial charge on any atom is 0.348 e. The fraction of sp³-hybridized carbons (Fsp3) is 0.278. The van der Waals surface area contributed by atoms with Crippen molar-refractivity contribution in [1.82, 2.24) is 9.47 Å². The van der Waals surface area contributed by atoms with Crippen molar-refractivity contribution >= 4 is 45.7 Å². The first kappa shape index (κ1) is 17.8. The number of rotatable bonds is 5. The van der Waals surface area contributed by atoms with E-state index in [1.54, 1.807) is 29.7 Å². The van der Waals surface area contributed by atoms with Gasteiger partial charge in [-0.25, -0.2) is 14.3 Å². The molecule has 0 bridgehead atoms. The van der Waals surface area contributed by atoms with Crippen LogP contribution >= 0.6 is 23.1 Å². The Labute approximate surface area is 155 Å². The molecule has 0 saturated heterocycles.